The van der Waals surface area contributed by atoms with Gasteiger partial charge in [0.2, 0.25) is 0 Å². The maximum Gasteiger partial charge on any atom is 0.397 e. The molecular weight excluding hydrogens is 182 g/mol. The van der Waals surface area contributed by atoms with Gasteiger partial charge in [0.1, 0.15) is 0 Å². The van der Waals surface area contributed by atoms with E-state index >= 15 is 0 Å². The van der Waals surface area contributed by atoms with Crippen LogP contribution < -0.4 is 0 Å². The molecule has 0 aliphatic carbocycles. The zero-order chi connectivity index (χ0) is 11.1. The largest absolute Gasteiger partial charge is 0.459 e. The highest BCUT2D eigenvalue weighted by Gasteiger charge is 2.24. The van der Waals surface area contributed by atoms with E-state index in [-0.39, 0.29) is 12.6 Å². The van der Waals surface area contributed by atoms with Gasteiger partial charge in [-0.2, -0.15) is 0 Å². The lowest BCUT2D eigenvalue weighted by molar-refractivity contribution is -0.160. The van der Waals surface area contributed by atoms with Crippen LogP contribution in [0.15, 0.2) is 0 Å². The van der Waals surface area contributed by atoms with Gasteiger partial charge in [-0.3, -0.25) is 4.79 Å². The number of esters is 1. The van der Waals surface area contributed by atoms with Crippen LogP contribution in [-0.4, -0.2) is 36.0 Å². The maximum absolute atomic E-state index is 11.5. The summed E-state index contributed by atoms with van der Waals surface area (Å²) in [5.74, 6) is -1.29. The molecule has 4 heteroatoms. The molecule has 0 N–H and O–H groups in total. The second kappa shape index (κ2) is 6.40. The first-order valence-electron chi connectivity index (χ1n) is 5.02. The third-order valence-corrected chi connectivity index (χ3v) is 1.80. The number of hydrogen-bond acceptors (Lipinski definition) is 3. The first kappa shape index (κ1) is 12.9. The van der Waals surface area contributed by atoms with Gasteiger partial charge in [-0.05, 0) is 27.2 Å². The lowest BCUT2D eigenvalue weighted by Gasteiger charge is -2.24. The van der Waals surface area contributed by atoms with E-state index in [2.05, 4.69) is 4.74 Å². The molecule has 0 aromatic rings. The summed E-state index contributed by atoms with van der Waals surface area (Å²) >= 11 is 0. The predicted octanol–water partition coefficient (Wildman–Crippen LogP) is 1.20. The summed E-state index contributed by atoms with van der Waals surface area (Å²) in [6.07, 6.45) is 0.837. The van der Waals surface area contributed by atoms with Crippen molar-refractivity contribution in [1.82, 2.24) is 4.90 Å². The molecule has 0 aromatic carbocycles. The van der Waals surface area contributed by atoms with Crippen molar-refractivity contribution in [1.29, 1.82) is 0 Å². The van der Waals surface area contributed by atoms with Crippen molar-refractivity contribution >= 4 is 11.9 Å². The lowest BCUT2D eigenvalue weighted by atomic mass is 10.3. The first-order valence-corrected chi connectivity index (χ1v) is 5.02. The normalized spacial score (nSPS) is 10.1. The molecule has 1 amide bonds. The topological polar surface area (TPSA) is 46.6 Å². The number of rotatable bonds is 4. The number of hydrogen-bond donors (Lipinski definition) is 0. The number of ether oxygens (including phenoxy) is 1. The van der Waals surface area contributed by atoms with Crippen molar-refractivity contribution in [2.45, 2.75) is 40.2 Å². The fraction of sp³-hybridized carbons (Fsp3) is 0.800. The Morgan fingerprint density at radius 3 is 2.21 bits per heavy atom. The smallest absolute Gasteiger partial charge is 0.397 e. The third kappa shape index (κ3) is 3.77. The van der Waals surface area contributed by atoms with E-state index < -0.39 is 11.9 Å². The zero-order valence-electron chi connectivity index (χ0n) is 9.37. The highest BCUT2D eigenvalue weighted by Crippen LogP contribution is 2.01. The molecule has 0 atom stereocenters. The monoisotopic (exact) mass is 201 g/mol. The SMILES string of the molecule is CCCN(C(=O)C(=O)OCC)C(C)C. The number of amides is 1. The van der Waals surface area contributed by atoms with Crippen molar-refractivity contribution in [2.24, 2.45) is 0 Å². The van der Waals surface area contributed by atoms with E-state index in [1.165, 1.54) is 4.90 Å². The Morgan fingerprint density at radius 1 is 1.29 bits per heavy atom. The molecule has 0 aromatic heterocycles. The molecular formula is C10H19NO3. The van der Waals surface area contributed by atoms with Crippen molar-refractivity contribution in [3.8, 4) is 0 Å². The molecule has 0 fully saturated rings. The van der Waals surface area contributed by atoms with E-state index in [1.54, 1.807) is 6.92 Å². The molecule has 0 rings (SSSR count). The fourth-order valence-corrected chi connectivity index (χ4v) is 1.15. The van der Waals surface area contributed by atoms with Gasteiger partial charge in [-0.25, -0.2) is 4.79 Å². The summed E-state index contributed by atoms with van der Waals surface area (Å²) in [5.41, 5.74) is 0. The van der Waals surface area contributed by atoms with Crippen LogP contribution in [0.4, 0.5) is 0 Å². The first-order chi connectivity index (χ1) is 6.54. The van der Waals surface area contributed by atoms with Gasteiger partial charge >= 0.3 is 11.9 Å². The second-order valence-electron chi connectivity index (χ2n) is 3.31. The van der Waals surface area contributed by atoms with E-state index in [0.717, 1.165) is 6.42 Å². The Kier molecular flexibility index (Phi) is 5.92. The molecule has 14 heavy (non-hydrogen) atoms. The molecule has 0 heterocycles. The van der Waals surface area contributed by atoms with Crippen LogP contribution in [0.2, 0.25) is 0 Å². The van der Waals surface area contributed by atoms with Crippen LogP contribution in [0, 0.1) is 0 Å². The average molecular weight is 201 g/mol. The minimum absolute atomic E-state index is 0.0341. The molecule has 4 nitrogen and oxygen atoms in total. The molecule has 0 saturated heterocycles. The summed E-state index contributed by atoms with van der Waals surface area (Å²) < 4.78 is 4.65. The molecule has 0 spiro atoms. The van der Waals surface area contributed by atoms with Gasteiger partial charge in [-0.1, -0.05) is 6.92 Å². The van der Waals surface area contributed by atoms with Crippen LogP contribution in [0.5, 0.6) is 0 Å². The number of carbonyl (C=O) groups excluding carboxylic acids is 2. The Hall–Kier alpha value is -1.06. The van der Waals surface area contributed by atoms with Crippen LogP contribution in [-0.2, 0) is 14.3 Å². The van der Waals surface area contributed by atoms with Crippen LogP contribution in [0.1, 0.15) is 34.1 Å². The number of nitrogens with zero attached hydrogens (tertiary/aromatic N) is 1. The molecule has 0 aliphatic rings. The zero-order valence-corrected chi connectivity index (χ0v) is 9.37. The van der Waals surface area contributed by atoms with Gasteiger partial charge < -0.3 is 9.64 Å². The Morgan fingerprint density at radius 2 is 1.86 bits per heavy atom. The highest BCUT2D eigenvalue weighted by atomic mass is 16.5. The maximum atomic E-state index is 11.5. The lowest BCUT2D eigenvalue weighted by Crippen LogP contribution is -2.42. The summed E-state index contributed by atoms with van der Waals surface area (Å²) in [6, 6.07) is 0.0341. The standard InChI is InChI=1S/C10H19NO3/c1-5-7-11(8(3)4)9(12)10(13)14-6-2/h8H,5-7H2,1-4H3. The molecule has 0 radical (unpaired) electrons. The van der Waals surface area contributed by atoms with Crippen LogP contribution >= 0.6 is 0 Å². The molecule has 0 bridgehead atoms. The van der Waals surface area contributed by atoms with Gasteiger partial charge in [-0.15, -0.1) is 0 Å². The van der Waals surface area contributed by atoms with E-state index in [0.29, 0.717) is 6.54 Å². The summed E-state index contributed by atoms with van der Waals surface area (Å²) in [5, 5.41) is 0. The molecule has 0 aliphatic heterocycles. The van der Waals surface area contributed by atoms with Crippen molar-refractivity contribution in [3.05, 3.63) is 0 Å². The van der Waals surface area contributed by atoms with Gasteiger partial charge in [0, 0.05) is 12.6 Å². The highest BCUT2D eigenvalue weighted by molar-refractivity contribution is 6.32. The van der Waals surface area contributed by atoms with Gasteiger partial charge in [0.05, 0.1) is 6.61 Å². The van der Waals surface area contributed by atoms with Crippen molar-refractivity contribution in [3.63, 3.8) is 0 Å². The number of carbonyl (C=O) groups is 2. The second-order valence-corrected chi connectivity index (χ2v) is 3.31. The van der Waals surface area contributed by atoms with Crippen LogP contribution in [0.3, 0.4) is 0 Å². The van der Waals surface area contributed by atoms with E-state index in [1.807, 2.05) is 20.8 Å². The minimum Gasteiger partial charge on any atom is -0.459 e. The van der Waals surface area contributed by atoms with E-state index in [9.17, 15) is 9.59 Å². The predicted molar refractivity (Wildman–Crippen MR) is 53.8 cm³/mol. The van der Waals surface area contributed by atoms with E-state index in [4.69, 9.17) is 0 Å². The Labute approximate surface area is 85.2 Å². The van der Waals surface area contributed by atoms with Crippen molar-refractivity contribution in [2.75, 3.05) is 13.2 Å². The fourth-order valence-electron chi connectivity index (χ4n) is 1.15. The summed E-state index contributed by atoms with van der Waals surface area (Å²) in [6.45, 7) is 8.25. The molecule has 0 unspecified atom stereocenters. The van der Waals surface area contributed by atoms with Gasteiger partial charge in [0.15, 0.2) is 0 Å². The Balaban J connectivity index is 4.35. The van der Waals surface area contributed by atoms with Crippen molar-refractivity contribution < 1.29 is 14.3 Å². The average Bonchev–Trinajstić information content (AvgIpc) is 2.13. The molecule has 82 valence electrons. The summed E-state index contributed by atoms with van der Waals surface area (Å²) in [4.78, 5) is 24.2. The quantitative estimate of drug-likeness (QED) is 0.507. The summed E-state index contributed by atoms with van der Waals surface area (Å²) in [7, 11) is 0. The Bertz CT molecular complexity index is 202. The van der Waals surface area contributed by atoms with Gasteiger partial charge in [0.25, 0.3) is 0 Å². The molecule has 0 saturated carbocycles. The third-order valence-electron chi connectivity index (χ3n) is 1.80. The minimum atomic E-state index is -0.755. The van der Waals surface area contributed by atoms with Crippen LogP contribution in [0.25, 0.3) is 0 Å².